The van der Waals surface area contributed by atoms with E-state index >= 15 is 0 Å². The number of carbonyl (C=O) groups excluding carboxylic acids is 1. The minimum atomic E-state index is -0.0276. The molecule has 0 atom stereocenters. The Bertz CT molecular complexity index is 1130. The zero-order chi connectivity index (χ0) is 18.2. The number of anilines is 1. The van der Waals surface area contributed by atoms with Crippen LogP contribution in [-0.4, -0.2) is 15.5 Å². The number of benzene rings is 2. The van der Waals surface area contributed by atoms with Gasteiger partial charge in [0.25, 0.3) is 0 Å². The number of hydrogen-bond donors (Lipinski definition) is 1. The van der Waals surface area contributed by atoms with Gasteiger partial charge in [0, 0.05) is 27.8 Å². The summed E-state index contributed by atoms with van der Waals surface area (Å²) in [5, 5.41) is 4.30. The Hall–Kier alpha value is -3.34. The fourth-order valence-electron chi connectivity index (χ4n) is 4.06. The quantitative estimate of drug-likeness (QED) is 0.588. The van der Waals surface area contributed by atoms with Crippen LogP contribution in [-0.2, 0) is 24.2 Å². The molecule has 27 heavy (non-hydrogen) atoms. The van der Waals surface area contributed by atoms with E-state index in [0.717, 1.165) is 36.0 Å². The van der Waals surface area contributed by atoms with Crippen molar-refractivity contribution in [2.75, 3.05) is 5.32 Å². The molecular weight excluding hydrogens is 338 g/mol. The number of nitrogens with one attached hydrogen (secondary N) is 1. The summed E-state index contributed by atoms with van der Waals surface area (Å²) in [6, 6.07) is 16.0. The minimum Gasteiger partial charge on any atom is -0.444 e. The predicted molar refractivity (Wildman–Crippen MR) is 105 cm³/mol. The van der Waals surface area contributed by atoms with Gasteiger partial charge in [0.15, 0.2) is 12.2 Å². The third-order valence-electron chi connectivity index (χ3n) is 5.20. The van der Waals surface area contributed by atoms with Crippen LogP contribution in [0.4, 0.5) is 5.69 Å². The van der Waals surface area contributed by atoms with Crippen LogP contribution in [0.15, 0.2) is 65.5 Å². The highest BCUT2D eigenvalue weighted by Crippen LogP contribution is 2.33. The number of carbonyl (C=O) groups is 1. The smallest absolute Gasteiger partial charge is 0.244 e. The van der Waals surface area contributed by atoms with E-state index in [1.807, 2.05) is 30.3 Å². The van der Waals surface area contributed by atoms with Crippen molar-refractivity contribution in [2.45, 2.75) is 25.8 Å². The monoisotopic (exact) mass is 357 g/mol. The van der Waals surface area contributed by atoms with Crippen molar-refractivity contribution in [2.24, 2.45) is 0 Å². The van der Waals surface area contributed by atoms with E-state index in [1.165, 1.54) is 23.0 Å². The molecule has 1 amide bonds. The lowest BCUT2D eigenvalue weighted by atomic mass is 10.1. The average Bonchev–Trinajstić information content (AvgIpc) is 3.42. The second kappa shape index (κ2) is 6.43. The summed E-state index contributed by atoms with van der Waals surface area (Å²) in [7, 11) is 0. The lowest BCUT2D eigenvalue weighted by Crippen LogP contribution is -2.19. The van der Waals surface area contributed by atoms with E-state index in [9.17, 15) is 4.79 Å². The van der Waals surface area contributed by atoms with Gasteiger partial charge in [0.1, 0.15) is 6.54 Å². The van der Waals surface area contributed by atoms with Crippen LogP contribution < -0.4 is 5.32 Å². The summed E-state index contributed by atoms with van der Waals surface area (Å²) in [5.41, 5.74) is 5.50. The first-order valence-electron chi connectivity index (χ1n) is 9.17. The first-order valence-corrected chi connectivity index (χ1v) is 9.17. The van der Waals surface area contributed by atoms with Gasteiger partial charge in [-0.2, -0.15) is 0 Å². The number of rotatable bonds is 4. The molecule has 2 aromatic heterocycles. The van der Waals surface area contributed by atoms with Crippen LogP contribution in [0.2, 0.25) is 0 Å². The Labute approximate surface area is 156 Å². The summed E-state index contributed by atoms with van der Waals surface area (Å²) in [6.07, 6.45) is 6.37. The van der Waals surface area contributed by atoms with Crippen molar-refractivity contribution in [1.82, 2.24) is 9.55 Å². The van der Waals surface area contributed by atoms with Crippen LogP contribution in [0.25, 0.3) is 22.2 Å². The van der Waals surface area contributed by atoms with Crippen LogP contribution >= 0.6 is 0 Å². The SMILES string of the molecule is O=C(Cn1c2c(c3ccccc31)CCC2)Nc1cccc(-c2cnco2)c1. The molecule has 0 aliphatic heterocycles. The molecule has 134 valence electrons. The number of para-hydroxylation sites is 1. The molecule has 0 spiro atoms. The second-order valence-electron chi connectivity index (χ2n) is 6.88. The number of aryl methyl sites for hydroxylation is 1. The third-order valence-corrected chi connectivity index (χ3v) is 5.20. The first kappa shape index (κ1) is 15.9. The second-order valence-corrected chi connectivity index (χ2v) is 6.88. The van der Waals surface area contributed by atoms with Crippen molar-refractivity contribution in [3.8, 4) is 11.3 Å². The molecule has 1 aliphatic rings. The van der Waals surface area contributed by atoms with E-state index in [2.05, 4.69) is 33.1 Å². The Balaban J connectivity index is 1.41. The number of fused-ring (bicyclic) bond motifs is 3. The minimum absolute atomic E-state index is 0.0276. The molecule has 5 heteroatoms. The molecule has 2 aromatic carbocycles. The van der Waals surface area contributed by atoms with Gasteiger partial charge in [-0.05, 0) is 43.0 Å². The largest absolute Gasteiger partial charge is 0.444 e. The zero-order valence-electron chi connectivity index (χ0n) is 14.8. The summed E-state index contributed by atoms with van der Waals surface area (Å²) in [6.45, 7) is 0.322. The fraction of sp³-hybridized carbons (Fsp3) is 0.182. The Morgan fingerprint density at radius 3 is 2.96 bits per heavy atom. The summed E-state index contributed by atoms with van der Waals surface area (Å²) in [5.74, 6) is 0.653. The third kappa shape index (κ3) is 2.81. The first-order chi connectivity index (χ1) is 13.3. The lowest BCUT2D eigenvalue weighted by Gasteiger charge is -2.11. The van der Waals surface area contributed by atoms with E-state index in [0.29, 0.717) is 12.3 Å². The Morgan fingerprint density at radius 1 is 1.15 bits per heavy atom. The molecule has 1 aliphatic carbocycles. The molecule has 4 aromatic rings. The van der Waals surface area contributed by atoms with E-state index in [-0.39, 0.29) is 5.91 Å². The van der Waals surface area contributed by atoms with Gasteiger partial charge in [-0.1, -0.05) is 30.3 Å². The van der Waals surface area contributed by atoms with Gasteiger partial charge in [0.2, 0.25) is 5.91 Å². The lowest BCUT2D eigenvalue weighted by molar-refractivity contribution is -0.116. The Morgan fingerprint density at radius 2 is 2.07 bits per heavy atom. The standard InChI is InChI=1S/C22H19N3O2/c26-22(24-16-6-3-5-15(11-16)21-12-23-14-27-21)13-25-19-9-2-1-7-17(19)18-8-4-10-20(18)25/h1-3,5-7,9,11-12,14H,4,8,10,13H2,(H,24,26). The summed E-state index contributed by atoms with van der Waals surface area (Å²) in [4.78, 5) is 16.7. The number of oxazole rings is 1. The van der Waals surface area contributed by atoms with Crippen LogP contribution in [0.1, 0.15) is 17.7 Å². The van der Waals surface area contributed by atoms with E-state index in [1.54, 1.807) is 6.20 Å². The molecule has 5 rings (SSSR count). The molecule has 1 N–H and O–H groups in total. The molecule has 0 saturated carbocycles. The number of aromatic nitrogens is 2. The van der Waals surface area contributed by atoms with Crippen molar-refractivity contribution in [1.29, 1.82) is 0 Å². The normalized spacial score (nSPS) is 13.0. The molecule has 0 unspecified atom stereocenters. The number of amides is 1. The maximum Gasteiger partial charge on any atom is 0.244 e. The average molecular weight is 357 g/mol. The van der Waals surface area contributed by atoms with Gasteiger partial charge in [-0.3, -0.25) is 4.79 Å². The topological polar surface area (TPSA) is 60.1 Å². The van der Waals surface area contributed by atoms with E-state index < -0.39 is 0 Å². The molecule has 0 fully saturated rings. The molecule has 0 saturated heterocycles. The molecule has 0 bridgehead atoms. The van der Waals surface area contributed by atoms with E-state index in [4.69, 9.17) is 4.42 Å². The van der Waals surface area contributed by atoms with Crippen LogP contribution in [0.3, 0.4) is 0 Å². The molecule has 5 nitrogen and oxygen atoms in total. The zero-order valence-corrected chi connectivity index (χ0v) is 14.8. The summed E-state index contributed by atoms with van der Waals surface area (Å²) >= 11 is 0. The number of nitrogens with zero attached hydrogens (tertiary/aromatic N) is 2. The van der Waals surface area contributed by atoms with Crippen molar-refractivity contribution in [3.63, 3.8) is 0 Å². The van der Waals surface area contributed by atoms with Gasteiger partial charge in [0.05, 0.1) is 6.20 Å². The maximum atomic E-state index is 12.8. The molecular formula is C22H19N3O2. The predicted octanol–water partition coefficient (Wildman–Crippen LogP) is 4.42. The molecule has 2 heterocycles. The summed E-state index contributed by atoms with van der Waals surface area (Å²) < 4.78 is 7.51. The van der Waals surface area contributed by atoms with Gasteiger partial charge < -0.3 is 14.3 Å². The van der Waals surface area contributed by atoms with Crippen molar-refractivity contribution >= 4 is 22.5 Å². The Kier molecular flexibility index (Phi) is 3.78. The molecule has 0 radical (unpaired) electrons. The highest BCUT2D eigenvalue weighted by atomic mass is 16.3. The van der Waals surface area contributed by atoms with Crippen molar-refractivity contribution < 1.29 is 9.21 Å². The highest BCUT2D eigenvalue weighted by molar-refractivity contribution is 5.93. The number of hydrogen-bond acceptors (Lipinski definition) is 3. The van der Waals surface area contributed by atoms with Gasteiger partial charge in [-0.15, -0.1) is 0 Å². The fourth-order valence-corrected chi connectivity index (χ4v) is 4.06. The van der Waals surface area contributed by atoms with Crippen LogP contribution in [0, 0.1) is 0 Å². The van der Waals surface area contributed by atoms with Crippen LogP contribution in [0.5, 0.6) is 0 Å². The van der Waals surface area contributed by atoms with Crippen molar-refractivity contribution in [3.05, 3.63) is 72.4 Å². The highest BCUT2D eigenvalue weighted by Gasteiger charge is 2.22. The van der Waals surface area contributed by atoms with Gasteiger partial charge in [-0.25, -0.2) is 4.98 Å². The van der Waals surface area contributed by atoms with Gasteiger partial charge >= 0.3 is 0 Å². The maximum absolute atomic E-state index is 12.8.